The van der Waals surface area contributed by atoms with Crippen molar-refractivity contribution in [2.45, 2.75) is 39.2 Å². The van der Waals surface area contributed by atoms with Gasteiger partial charge in [0.15, 0.2) is 0 Å². The summed E-state index contributed by atoms with van der Waals surface area (Å²) in [7, 11) is 0. The zero-order chi connectivity index (χ0) is 16.9. The third kappa shape index (κ3) is 4.16. The van der Waals surface area contributed by atoms with E-state index in [0.717, 1.165) is 52.1 Å². The van der Waals surface area contributed by atoms with Gasteiger partial charge in [-0.3, -0.25) is 9.59 Å². The van der Waals surface area contributed by atoms with Gasteiger partial charge in [0.1, 0.15) is 0 Å². The van der Waals surface area contributed by atoms with Gasteiger partial charge in [-0.15, -0.1) is 11.3 Å². The molecule has 0 radical (unpaired) electrons. The van der Waals surface area contributed by atoms with Crippen LogP contribution in [0.25, 0.3) is 0 Å². The zero-order valence-corrected chi connectivity index (χ0v) is 15.3. The van der Waals surface area contributed by atoms with Crippen LogP contribution in [0.15, 0.2) is 11.4 Å². The maximum absolute atomic E-state index is 12.4. The van der Waals surface area contributed by atoms with E-state index in [9.17, 15) is 9.59 Å². The summed E-state index contributed by atoms with van der Waals surface area (Å²) in [5.74, 6) is 0.250. The lowest BCUT2D eigenvalue weighted by molar-refractivity contribution is -0.137. The molecule has 2 aliphatic heterocycles. The number of nitrogens with zero attached hydrogens (tertiary/aromatic N) is 3. The molecule has 1 aromatic heterocycles. The molecule has 3 heterocycles. The first kappa shape index (κ1) is 17.4. The van der Waals surface area contributed by atoms with Crippen LogP contribution >= 0.6 is 11.3 Å². The van der Waals surface area contributed by atoms with Crippen molar-refractivity contribution in [3.8, 4) is 0 Å². The van der Waals surface area contributed by atoms with Crippen molar-refractivity contribution in [2.24, 2.45) is 0 Å². The molecule has 1 aromatic rings. The number of hydrogen-bond donors (Lipinski definition) is 0. The van der Waals surface area contributed by atoms with Gasteiger partial charge in [-0.1, -0.05) is 6.92 Å². The Morgan fingerprint density at radius 3 is 2.62 bits per heavy atom. The lowest BCUT2D eigenvalue weighted by atomic mass is 10.1. The van der Waals surface area contributed by atoms with E-state index < -0.39 is 0 Å². The molecule has 1 saturated heterocycles. The zero-order valence-electron chi connectivity index (χ0n) is 14.5. The van der Waals surface area contributed by atoms with E-state index in [-0.39, 0.29) is 11.8 Å². The molecule has 0 unspecified atom stereocenters. The maximum Gasteiger partial charge on any atom is 0.223 e. The van der Waals surface area contributed by atoms with Crippen LogP contribution in [0.5, 0.6) is 0 Å². The highest BCUT2D eigenvalue weighted by molar-refractivity contribution is 7.10. The average Bonchev–Trinajstić information content (AvgIpc) is 2.94. The highest BCUT2D eigenvalue weighted by Gasteiger charge is 2.23. The summed E-state index contributed by atoms with van der Waals surface area (Å²) in [4.78, 5) is 32.5. The summed E-state index contributed by atoms with van der Waals surface area (Å²) in [6.45, 7) is 8.33. The number of likely N-dealkylation sites (N-methyl/N-ethyl adjacent to an activating group) is 1. The van der Waals surface area contributed by atoms with Gasteiger partial charge in [0.2, 0.25) is 11.8 Å². The summed E-state index contributed by atoms with van der Waals surface area (Å²) in [5.41, 5.74) is 1.28. The Labute approximate surface area is 148 Å². The van der Waals surface area contributed by atoms with Crippen molar-refractivity contribution >= 4 is 23.2 Å². The highest BCUT2D eigenvalue weighted by Crippen LogP contribution is 2.24. The van der Waals surface area contributed by atoms with Crippen LogP contribution in [0.4, 0.5) is 0 Å². The number of fused-ring (bicyclic) bond motifs is 1. The van der Waals surface area contributed by atoms with Crippen LogP contribution in [0.2, 0.25) is 0 Å². The molecule has 0 atom stereocenters. The summed E-state index contributed by atoms with van der Waals surface area (Å²) in [5, 5.41) is 2.10. The first-order valence-corrected chi connectivity index (χ1v) is 9.88. The van der Waals surface area contributed by atoms with E-state index in [1.54, 1.807) is 11.3 Å². The molecule has 6 heteroatoms. The molecule has 2 amide bonds. The molecule has 132 valence electrons. The van der Waals surface area contributed by atoms with Crippen molar-refractivity contribution in [3.63, 3.8) is 0 Å². The summed E-state index contributed by atoms with van der Waals surface area (Å²) in [6, 6.07) is 2.11. The molecule has 0 spiro atoms. The molecule has 0 saturated carbocycles. The van der Waals surface area contributed by atoms with Crippen LogP contribution < -0.4 is 0 Å². The van der Waals surface area contributed by atoms with Gasteiger partial charge in [0, 0.05) is 50.4 Å². The van der Waals surface area contributed by atoms with E-state index in [1.807, 2.05) is 9.80 Å². The topological polar surface area (TPSA) is 43.9 Å². The SMILES string of the molecule is CCN1CCCN(C(=O)CCC(=O)N2CCc3sccc3C2)CC1. The van der Waals surface area contributed by atoms with Gasteiger partial charge in [0.05, 0.1) is 0 Å². The molecular formula is C18H27N3O2S. The number of carbonyl (C=O) groups excluding carboxylic acids is 2. The predicted octanol–water partition coefficient (Wildman–Crippen LogP) is 1.97. The van der Waals surface area contributed by atoms with Crippen LogP contribution in [-0.4, -0.2) is 65.8 Å². The largest absolute Gasteiger partial charge is 0.341 e. The molecule has 24 heavy (non-hydrogen) atoms. The third-order valence-electron chi connectivity index (χ3n) is 5.10. The Morgan fingerprint density at radius 1 is 1.04 bits per heavy atom. The normalized spacial score (nSPS) is 19.0. The second-order valence-corrected chi connectivity index (χ2v) is 7.60. The molecule has 0 bridgehead atoms. The van der Waals surface area contributed by atoms with Gasteiger partial charge in [-0.05, 0) is 42.9 Å². The second-order valence-electron chi connectivity index (χ2n) is 6.60. The minimum atomic E-state index is 0.116. The van der Waals surface area contributed by atoms with Gasteiger partial charge in [-0.2, -0.15) is 0 Å². The van der Waals surface area contributed by atoms with Crippen molar-refractivity contribution in [3.05, 3.63) is 21.9 Å². The second kappa shape index (κ2) is 8.12. The minimum Gasteiger partial charge on any atom is -0.341 e. The van der Waals surface area contributed by atoms with Crippen molar-refractivity contribution in [1.82, 2.24) is 14.7 Å². The van der Waals surface area contributed by atoms with Crippen molar-refractivity contribution in [2.75, 3.05) is 39.3 Å². The van der Waals surface area contributed by atoms with Crippen LogP contribution in [0.3, 0.4) is 0 Å². The summed E-state index contributed by atoms with van der Waals surface area (Å²) >= 11 is 1.78. The highest BCUT2D eigenvalue weighted by atomic mass is 32.1. The molecule has 0 aromatic carbocycles. The van der Waals surface area contributed by atoms with E-state index in [4.69, 9.17) is 0 Å². The number of thiophene rings is 1. The lowest BCUT2D eigenvalue weighted by Crippen LogP contribution is -2.38. The van der Waals surface area contributed by atoms with E-state index in [0.29, 0.717) is 19.4 Å². The summed E-state index contributed by atoms with van der Waals surface area (Å²) in [6.07, 6.45) is 2.66. The van der Waals surface area contributed by atoms with Gasteiger partial charge < -0.3 is 14.7 Å². The summed E-state index contributed by atoms with van der Waals surface area (Å²) < 4.78 is 0. The van der Waals surface area contributed by atoms with E-state index in [2.05, 4.69) is 23.3 Å². The standard InChI is InChI=1S/C18H27N3O2S/c1-2-19-8-3-9-20(12-11-19)17(22)4-5-18(23)21-10-6-16-15(14-21)7-13-24-16/h7,13H,2-6,8-12,14H2,1H3. The van der Waals surface area contributed by atoms with Crippen molar-refractivity contribution in [1.29, 1.82) is 0 Å². The first-order chi connectivity index (χ1) is 11.7. The Bertz CT molecular complexity index is 587. The first-order valence-electron chi connectivity index (χ1n) is 9.00. The Kier molecular flexibility index (Phi) is 5.89. The van der Waals surface area contributed by atoms with Gasteiger partial charge in [-0.25, -0.2) is 0 Å². The van der Waals surface area contributed by atoms with Crippen LogP contribution in [0, 0.1) is 0 Å². The number of carbonyl (C=O) groups is 2. The van der Waals surface area contributed by atoms with E-state index in [1.165, 1.54) is 10.4 Å². The average molecular weight is 350 g/mol. The maximum atomic E-state index is 12.4. The molecule has 2 aliphatic rings. The fourth-order valence-electron chi connectivity index (χ4n) is 3.53. The Hall–Kier alpha value is -1.40. The number of rotatable bonds is 4. The fraction of sp³-hybridized carbons (Fsp3) is 0.667. The molecule has 1 fully saturated rings. The quantitative estimate of drug-likeness (QED) is 0.835. The van der Waals surface area contributed by atoms with E-state index >= 15 is 0 Å². The van der Waals surface area contributed by atoms with Crippen LogP contribution in [-0.2, 0) is 22.6 Å². The van der Waals surface area contributed by atoms with Gasteiger partial charge >= 0.3 is 0 Å². The predicted molar refractivity (Wildman–Crippen MR) is 96.0 cm³/mol. The van der Waals surface area contributed by atoms with Crippen LogP contribution in [0.1, 0.15) is 36.6 Å². The van der Waals surface area contributed by atoms with Gasteiger partial charge in [0.25, 0.3) is 0 Å². The minimum absolute atomic E-state index is 0.116. The Balaban J connectivity index is 1.45. The molecule has 5 nitrogen and oxygen atoms in total. The lowest BCUT2D eigenvalue weighted by Gasteiger charge is -2.27. The number of amides is 2. The molecular weight excluding hydrogens is 322 g/mol. The Morgan fingerprint density at radius 2 is 1.83 bits per heavy atom. The third-order valence-corrected chi connectivity index (χ3v) is 6.12. The molecule has 3 rings (SSSR count). The monoisotopic (exact) mass is 349 g/mol. The fourth-order valence-corrected chi connectivity index (χ4v) is 4.42. The molecule has 0 aliphatic carbocycles. The molecule has 0 N–H and O–H groups in total. The van der Waals surface area contributed by atoms with Crippen molar-refractivity contribution < 1.29 is 9.59 Å². The number of hydrogen-bond acceptors (Lipinski definition) is 4. The smallest absolute Gasteiger partial charge is 0.223 e.